The van der Waals surface area contributed by atoms with Gasteiger partial charge in [-0.3, -0.25) is 9.40 Å². The fourth-order valence-electron chi connectivity index (χ4n) is 3.98. The summed E-state index contributed by atoms with van der Waals surface area (Å²) in [4.78, 5) is -0.137. The summed E-state index contributed by atoms with van der Waals surface area (Å²) in [5.74, 6) is 0.420. The molecular weight excluding hydrogens is 496 g/mol. The van der Waals surface area contributed by atoms with Crippen molar-refractivity contribution in [2.45, 2.75) is 24.5 Å². The lowest BCUT2D eigenvalue weighted by molar-refractivity contribution is 0.402. The first kappa shape index (κ1) is 24.3. The summed E-state index contributed by atoms with van der Waals surface area (Å²) >= 11 is 0. The molecule has 2 aromatic heterocycles. The number of nitrogens with zero attached hydrogens (tertiary/aromatic N) is 4. The average molecular weight is 517 g/mol. The molecule has 5 rings (SSSR count). The van der Waals surface area contributed by atoms with Gasteiger partial charge >= 0.3 is 0 Å². The van der Waals surface area contributed by atoms with E-state index in [9.17, 15) is 8.42 Å². The van der Waals surface area contributed by atoms with Gasteiger partial charge in [-0.2, -0.15) is 10.4 Å². The van der Waals surface area contributed by atoms with E-state index in [1.807, 2.05) is 16.9 Å². The summed E-state index contributed by atoms with van der Waals surface area (Å²) in [5, 5.41) is 21.1. The largest absolute Gasteiger partial charge is 0.496 e. The first-order valence-corrected chi connectivity index (χ1v) is 11.7. The molecule has 13 heteroatoms. The van der Waals surface area contributed by atoms with Gasteiger partial charge in [0.15, 0.2) is 11.4 Å². The van der Waals surface area contributed by atoms with Crippen LogP contribution in [0.4, 0.5) is 5.82 Å². The molecule has 4 aromatic rings. The van der Waals surface area contributed by atoms with Gasteiger partial charge in [0.2, 0.25) is 0 Å². The van der Waals surface area contributed by atoms with Gasteiger partial charge in [0.05, 0.1) is 44.3 Å². The zero-order valence-electron chi connectivity index (χ0n) is 18.7. The van der Waals surface area contributed by atoms with Crippen LogP contribution in [0.2, 0.25) is 0 Å². The second-order valence-electron chi connectivity index (χ2n) is 7.66. The minimum atomic E-state index is -4.11. The lowest BCUT2D eigenvalue weighted by Gasteiger charge is -2.11. The Bertz CT molecular complexity index is 1560. The standard InChI is InChI=1S/C22H20N6O5S.ClH/c1-31-17-5-13(8-23)3-4-20(17)34(29,30)27-22-21-18(32-2)6-14(7-19(21)33-26-22)12-28-16-11-24-9-15(16)10-25-28;/h3-7,10,24H,9,11-12H2,1-2H3,(H,26,27);1H. The molecule has 0 aliphatic carbocycles. The molecule has 182 valence electrons. The Hall–Kier alpha value is -3.79. The molecule has 0 amide bonds. The number of rotatable bonds is 7. The number of anilines is 1. The Balaban J connectivity index is 0.00000289. The Morgan fingerprint density at radius 1 is 1.20 bits per heavy atom. The van der Waals surface area contributed by atoms with Crippen molar-refractivity contribution in [1.29, 1.82) is 5.26 Å². The van der Waals surface area contributed by atoms with Crippen molar-refractivity contribution in [2.24, 2.45) is 0 Å². The lowest BCUT2D eigenvalue weighted by atomic mass is 10.1. The van der Waals surface area contributed by atoms with E-state index in [-0.39, 0.29) is 34.4 Å². The zero-order chi connectivity index (χ0) is 23.9. The number of methoxy groups -OCH3 is 2. The zero-order valence-corrected chi connectivity index (χ0v) is 20.4. The molecule has 0 unspecified atom stereocenters. The van der Waals surface area contributed by atoms with E-state index in [0.717, 1.165) is 24.3 Å². The Kier molecular flexibility index (Phi) is 6.58. The highest BCUT2D eigenvalue weighted by molar-refractivity contribution is 7.92. The topological polar surface area (TPSA) is 144 Å². The van der Waals surface area contributed by atoms with Gasteiger partial charge in [0, 0.05) is 18.7 Å². The maximum Gasteiger partial charge on any atom is 0.266 e. The van der Waals surface area contributed by atoms with Crippen LogP contribution in [0, 0.1) is 11.3 Å². The first-order chi connectivity index (χ1) is 16.4. The monoisotopic (exact) mass is 516 g/mol. The van der Waals surface area contributed by atoms with Crippen molar-refractivity contribution in [3.8, 4) is 17.6 Å². The molecule has 0 bridgehead atoms. The van der Waals surface area contributed by atoms with Crippen LogP contribution < -0.4 is 19.5 Å². The Labute approximate surface area is 207 Å². The second-order valence-corrected chi connectivity index (χ2v) is 9.31. The summed E-state index contributed by atoms with van der Waals surface area (Å²) in [6.45, 7) is 2.04. The third-order valence-electron chi connectivity index (χ3n) is 5.61. The van der Waals surface area contributed by atoms with E-state index in [2.05, 4.69) is 20.3 Å². The number of sulfonamides is 1. The van der Waals surface area contributed by atoms with Gasteiger partial charge in [0.25, 0.3) is 10.0 Å². The first-order valence-electron chi connectivity index (χ1n) is 10.2. The highest BCUT2D eigenvalue weighted by Crippen LogP contribution is 2.36. The quantitative estimate of drug-likeness (QED) is 0.378. The molecule has 2 aromatic carbocycles. The van der Waals surface area contributed by atoms with Gasteiger partial charge in [0.1, 0.15) is 21.8 Å². The van der Waals surface area contributed by atoms with Crippen LogP contribution in [-0.4, -0.2) is 37.6 Å². The van der Waals surface area contributed by atoms with Crippen molar-refractivity contribution >= 4 is 39.2 Å². The van der Waals surface area contributed by atoms with E-state index in [1.165, 1.54) is 38.0 Å². The SMILES string of the molecule is COc1cc(C#N)ccc1S(=O)(=O)Nc1noc2cc(Cn3ncc4c3CNC4)cc(OC)c12.Cl. The van der Waals surface area contributed by atoms with Crippen LogP contribution in [0.3, 0.4) is 0 Å². The molecule has 11 nitrogen and oxygen atoms in total. The van der Waals surface area contributed by atoms with Crippen LogP contribution in [-0.2, 0) is 29.7 Å². The minimum Gasteiger partial charge on any atom is -0.496 e. The van der Waals surface area contributed by atoms with Crippen LogP contribution in [0.1, 0.15) is 22.4 Å². The number of benzene rings is 2. The second kappa shape index (κ2) is 9.46. The fourth-order valence-corrected chi connectivity index (χ4v) is 5.14. The predicted molar refractivity (Wildman–Crippen MR) is 128 cm³/mol. The van der Waals surface area contributed by atoms with Crippen molar-refractivity contribution in [1.82, 2.24) is 20.3 Å². The summed E-state index contributed by atoms with van der Waals surface area (Å²) in [7, 11) is -1.29. The van der Waals surface area contributed by atoms with Gasteiger partial charge in [-0.15, -0.1) is 12.4 Å². The van der Waals surface area contributed by atoms with E-state index in [1.54, 1.807) is 12.1 Å². The number of hydrogen-bond donors (Lipinski definition) is 2. The number of hydrogen-bond acceptors (Lipinski definition) is 9. The van der Waals surface area contributed by atoms with Crippen LogP contribution in [0.5, 0.6) is 11.5 Å². The molecular formula is C22H21ClN6O5S. The molecule has 0 saturated heterocycles. The highest BCUT2D eigenvalue weighted by atomic mass is 35.5. The van der Waals surface area contributed by atoms with Gasteiger partial charge in [-0.25, -0.2) is 8.42 Å². The molecule has 1 aliphatic rings. The maximum absolute atomic E-state index is 13.1. The summed E-state index contributed by atoms with van der Waals surface area (Å²) in [5.41, 5.74) is 3.79. The van der Waals surface area contributed by atoms with Crippen molar-refractivity contribution in [3.05, 3.63) is 58.9 Å². The fraction of sp³-hybridized carbons (Fsp3) is 0.227. The summed E-state index contributed by atoms with van der Waals surface area (Å²) in [6.07, 6.45) is 1.85. The molecule has 0 saturated carbocycles. The van der Waals surface area contributed by atoms with E-state index in [0.29, 0.717) is 23.3 Å². The van der Waals surface area contributed by atoms with Gasteiger partial charge in [-0.05, 0) is 35.9 Å². The number of aromatic nitrogens is 3. The Morgan fingerprint density at radius 3 is 2.74 bits per heavy atom. The van der Waals surface area contributed by atoms with Crippen LogP contribution in [0.25, 0.3) is 11.0 Å². The van der Waals surface area contributed by atoms with Crippen molar-refractivity contribution in [3.63, 3.8) is 0 Å². The van der Waals surface area contributed by atoms with Crippen molar-refractivity contribution < 1.29 is 22.4 Å². The minimum absolute atomic E-state index is 0. The number of nitrogens with one attached hydrogen (secondary N) is 2. The van der Waals surface area contributed by atoms with Crippen LogP contribution in [0.15, 0.2) is 45.9 Å². The molecule has 0 fully saturated rings. The maximum atomic E-state index is 13.1. The molecule has 1 aliphatic heterocycles. The average Bonchev–Trinajstić information content (AvgIpc) is 3.56. The highest BCUT2D eigenvalue weighted by Gasteiger charge is 2.25. The number of nitriles is 1. The third kappa shape index (κ3) is 4.37. The predicted octanol–water partition coefficient (Wildman–Crippen LogP) is 2.79. The van der Waals surface area contributed by atoms with Gasteiger partial charge < -0.3 is 19.3 Å². The van der Waals surface area contributed by atoms with Gasteiger partial charge in [-0.1, -0.05) is 5.16 Å². The van der Waals surface area contributed by atoms with E-state index >= 15 is 0 Å². The normalized spacial score (nSPS) is 12.6. The van der Waals surface area contributed by atoms with E-state index in [4.69, 9.17) is 19.3 Å². The molecule has 35 heavy (non-hydrogen) atoms. The van der Waals surface area contributed by atoms with Crippen molar-refractivity contribution in [2.75, 3.05) is 18.9 Å². The Morgan fingerprint density at radius 2 is 2.00 bits per heavy atom. The molecule has 3 heterocycles. The molecule has 0 radical (unpaired) electrons. The lowest BCUT2D eigenvalue weighted by Crippen LogP contribution is -2.14. The summed E-state index contributed by atoms with van der Waals surface area (Å²) < 4.78 is 46.7. The molecule has 0 spiro atoms. The molecule has 0 atom stereocenters. The number of ether oxygens (including phenoxy) is 2. The number of fused-ring (bicyclic) bond motifs is 2. The van der Waals surface area contributed by atoms with E-state index < -0.39 is 10.0 Å². The molecule has 2 N–H and O–H groups in total. The van der Waals surface area contributed by atoms with Crippen LogP contribution >= 0.6 is 12.4 Å². The summed E-state index contributed by atoms with van der Waals surface area (Å²) in [6, 6.07) is 9.58. The third-order valence-corrected chi connectivity index (χ3v) is 6.98. The number of halogens is 1. The smallest absolute Gasteiger partial charge is 0.266 e.